The van der Waals surface area contributed by atoms with E-state index in [0.29, 0.717) is 0 Å². The number of hydrogen-bond acceptors (Lipinski definition) is 5. The Kier molecular flexibility index (Phi) is 11.1. The zero-order valence-electron chi connectivity index (χ0n) is 21.4. The zero-order valence-corrected chi connectivity index (χ0v) is 24.0. The minimum atomic E-state index is 0. The molecule has 0 aliphatic rings. The minimum Gasteiger partial charge on any atom is -1.00 e. The molecule has 0 amide bonds. The third-order valence-electron chi connectivity index (χ3n) is 6.06. The maximum absolute atomic E-state index is 5.09. The molecule has 0 spiro atoms. The van der Waals surface area contributed by atoms with Crippen LogP contribution in [0.3, 0.4) is 0 Å². The molecular formula is C27H31Cl2FeN7. The Morgan fingerprint density at radius 2 is 0.973 bits per heavy atom. The smallest absolute Gasteiger partial charge is 1.00 e. The first-order valence-electron chi connectivity index (χ1n) is 11.7. The van der Waals surface area contributed by atoms with Gasteiger partial charge in [0.1, 0.15) is 11.4 Å². The molecular weight excluding hydrogens is 549 g/mol. The second-order valence-electron chi connectivity index (χ2n) is 9.17. The Bertz CT molecular complexity index is 1340. The van der Waals surface area contributed by atoms with Crippen molar-refractivity contribution in [3.05, 3.63) is 66.7 Å². The average Bonchev–Trinajstić information content (AvgIpc) is 3.40. The van der Waals surface area contributed by atoms with Gasteiger partial charge in [-0.05, 0) is 64.6 Å². The molecule has 3 aromatic heterocycles. The number of halogens is 2. The fourth-order valence-corrected chi connectivity index (χ4v) is 4.28. The Hall–Kier alpha value is -2.45. The van der Waals surface area contributed by atoms with Crippen LogP contribution in [0.2, 0.25) is 0 Å². The van der Waals surface area contributed by atoms with Gasteiger partial charge >= 0.3 is 17.1 Å². The van der Waals surface area contributed by atoms with Gasteiger partial charge in [-0.25, -0.2) is 15.0 Å². The Labute approximate surface area is 241 Å². The number of hydrogen-bond donors (Lipinski definition) is 0. The van der Waals surface area contributed by atoms with Crippen LogP contribution in [0.1, 0.15) is 0 Å². The van der Waals surface area contributed by atoms with E-state index in [1.165, 1.54) is 0 Å². The van der Waals surface area contributed by atoms with Crippen LogP contribution in [0.4, 0.5) is 0 Å². The quantitative estimate of drug-likeness (QED) is 0.204. The summed E-state index contributed by atoms with van der Waals surface area (Å²) in [5.41, 5.74) is 5.95. The summed E-state index contributed by atoms with van der Waals surface area (Å²) in [5.74, 6) is 1.78. The summed E-state index contributed by atoms with van der Waals surface area (Å²) >= 11 is 0. The minimum absolute atomic E-state index is 0. The van der Waals surface area contributed by atoms with Crippen molar-refractivity contribution in [2.45, 2.75) is 13.1 Å². The Balaban J connectivity index is 0.00000160. The number of nitrogens with zero attached hydrogens (tertiary/aromatic N) is 7. The van der Waals surface area contributed by atoms with E-state index in [1.807, 2.05) is 24.3 Å². The van der Waals surface area contributed by atoms with Crippen molar-refractivity contribution in [2.24, 2.45) is 0 Å². The van der Waals surface area contributed by atoms with Crippen LogP contribution >= 0.6 is 0 Å². The van der Waals surface area contributed by atoms with E-state index in [4.69, 9.17) is 15.0 Å². The second kappa shape index (κ2) is 13.4. The van der Waals surface area contributed by atoms with Crippen LogP contribution in [-0.4, -0.2) is 75.2 Å². The van der Waals surface area contributed by atoms with E-state index >= 15 is 0 Å². The normalized spacial score (nSPS) is 11.0. The number of likely N-dealkylation sites (N-methyl/N-ethyl adjacent to an activating group) is 2. The molecule has 0 saturated heterocycles. The van der Waals surface area contributed by atoms with Gasteiger partial charge in [0.25, 0.3) is 0 Å². The summed E-state index contributed by atoms with van der Waals surface area (Å²) < 4.78 is 4.55. The molecule has 0 atom stereocenters. The van der Waals surface area contributed by atoms with Crippen LogP contribution in [0.15, 0.2) is 66.7 Å². The van der Waals surface area contributed by atoms with E-state index in [1.54, 1.807) is 0 Å². The molecule has 10 heteroatoms. The fourth-order valence-electron chi connectivity index (χ4n) is 4.28. The molecule has 5 aromatic rings. The van der Waals surface area contributed by atoms with Gasteiger partial charge in [0.2, 0.25) is 0 Å². The first-order valence-corrected chi connectivity index (χ1v) is 11.7. The second-order valence-corrected chi connectivity index (χ2v) is 9.17. The number of para-hydroxylation sites is 4. The molecule has 0 bridgehead atoms. The number of pyridine rings is 1. The molecule has 5 rings (SSSR count). The SMILES string of the molecule is CN(C)CCn1c(-c2cccc(-c3nc4ccccc4n3CCN(C)C)n2)nc2ccccc21.[Cl-].[Cl-].[Fe+2]. The van der Waals surface area contributed by atoms with E-state index in [-0.39, 0.29) is 41.9 Å². The first-order chi connectivity index (χ1) is 16.5. The van der Waals surface area contributed by atoms with Crippen molar-refractivity contribution in [1.82, 2.24) is 33.9 Å². The van der Waals surface area contributed by atoms with Crippen LogP contribution in [0, 0.1) is 0 Å². The standard InChI is InChI=1S/C27H31N7.2ClH.Fe/c1-31(2)16-18-33-24-14-7-5-10-20(24)29-26(33)22-12-9-13-23(28-22)27-30-21-11-6-8-15-25(21)34(27)19-17-32(3)4;;;/h5-15H,16-19H2,1-4H3;2*1H;/q;;;+2/p-2. The van der Waals surface area contributed by atoms with Gasteiger partial charge in [-0.1, -0.05) is 30.3 Å². The van der Waals surface area contributed by atoms with Crippen molar-refractivity contribution in [2.75, 3.05) is 41.3 Å². The molecule has 0 aliphatic heterocycles. The van der Waals surface area contributed by atoms with E-state index in [0.717, 1.165) is 71.3 Å². The van der Waals surface area contributed by atoms with Crippen molar-refractivity contribution in [3.8, 4) is 23.0 Å². The molecule has 0 unspecified atom stereocenters. The summed E-state index contributed by atoms with van der Waals surface area (Å²) in [6, 6.07) is 22.7. The third-order valence-corrected chi connectivity index (χ3v) is 6.06. The molecule has 0 aliphatic carbocycles. The zero-order chi connectivity index (χ0) is 23.7. The molecule has 0 saturated carbocycles. The third kappa shape index (κ3) is 6.52. The van der Waals surface area contributed by atoms with Crippen molar-refractivity contribution >= 4 is 22.1 Å². The maximum Gasteiger partial charge on any atom is 2.00 e. The molecule has 2 aromatic carbocycles. The van der Waals surface area contributed by atoms with Crippen LogP contribution in [-0.2, 0) is 30.2 Å². The topological polar surface area (TPSA) is 55.0 Å². The number of fused-ring (bicyclic) bond motifs is 2. The van der Waals surface area contributed by atoms with Gasteiger partial charge in [0.15, 0.2) is 11.6 Å². The van der Waals surface area contributed by atoms with Gasteiger partial charge in [-0.15, -0.1) is 0 Å². The fraction of sp³-hybridized carbons (Fsp3) is 0.296. The molecule has 3 heterocycles. The molecule has 0 N–H and O–H groups in total. The molecule has 37 heavy (non-hydrogen) atoms. The predicted molar refractivity (Wildman–Crippen MR) is 139 cm³/mol. The monoisotopic (exact) mass is 579 g/mol. The van der Waals surface area contributed by atoms with Gasteiger partial charge < -0.3 is 43.7 Å². The molecule has 196 valence electrons. The van der Waals surface area contributed by atoms with Gasteiger partial charge in [-0.3, -0.25) is 0 Å². The van der Waals surface area contributed by atoms with Gasteiger partial charge in [0.05, 0.1) is 22.1 Å². The summed E-state index contributed by atoms with van der Waals surface area (Å²) in [5, 5.41) is 0. The van der Waals surface area contributed by atoms with E-state index < -0.39 is 0 Å². The van der Waals surface area contributed by atoms with Gasteiger partial charge in [0, 0.05) is 26.2 Å². The molecule has 7 nitrogen and oxygen atoms in total. The number of rotatable bonds is 8. The molecule has 0 radical (unpaired) electrons. The Morgan fingerprint density at radius 1 is 0.568 bits per heavy atom. The number of imidazole rings is 2. The Morgan fingerprint density at radius 3 is 1.38 bits per heavy atom. The first kappa shape index (κ1) is 30.8. The van der Waals surface area contributed by atoms with Crippen LogP contribution in [0.25, 0.3) is 45.1 Å². The number of benzene rings is 2. The average molecular weight is 580 g/mol. The summed E-state index contributed by atoms with van der Waals surface area (Å²) in [6.07, 6.45) is 0. The van der Waals surface area contributed by atoms with Crippen molar-refractivity contribution in [3.63, 3.8) is 0 Å². The largest absolute Gasteiger partial charge is 2.00 e. The van der Waals surface area contributed by atoms with E-state index in [2.05, 4.69) is 89.6 Å². The molecule has 0 fully saturated rings. The van der Waals surface area contributed by atoms with Gasteiger partial charge in [-0.2, -0.15) is 0 Å². The number of aromatic nitrogens is 5. The summed E-state index contributed by atoms with van der Waals surface area (Å²) in [7, 11) is 8.37. The maximum atomic E-state index is 5.09. The summed E-state index contributed by atoms with van der Waals surface area (Å²) in [6.45, 7) is 3.53. The van der Waals surface area contributed by atoms with Crippen LogP contribution in [0.5, 0.6) is 0 Å². The van der Waals surface area contributed by atoms with Crippen molar-refractivity contribution in [1.29, 1.82) is 0 Å². The van der Waals surface area contributed by atoms with Crippen molar-refractivity contribution < 1.29 is 41.9 Å². The predicted octanol–water partition coefficient (Wildman–Crippen LogP) is -1.76. The summed E-state index contributed by atoms with van der Waals surface area (Å²) in [4.78, 5) is 19.4. The van der Waals surface area contributed by atoms with Crippen LogP contribution < -0.4 is 24.8 Å². The van der Waals surface area contributed by atoms with E-state index in [9.17, 15) is 0 Å².